The van der Waals surface area contributed by atoms with E-state index in [4.69, 9.17) is 5.73 Å². The number of piperidine rings is 1. The Morgan fingerprint density at radius 2 is 2.22 bits per heavy atom. The van der Waals surface area contributed by atoms with E-state index in [0.29, 0.717) is 24.6 Å². The Hall–Kier alpha value is -2.76. The second-order valence-corrected chi connectivity index (χ2v) is 7.56. The normalized spacial score (nSPS) is 17.2. The molecule has 4 rings (SSSR count). The number of aromatic nitrogens is 2. The molecule has 3 heterocycles. The van der Waals surface area contributed by atoms with Crippen LogP contribution < -0.4 is 16.2 Å². The molecule has 2 aromatic heterocycles. The van der Waals surface area contributed by atoms with E-state index in [0.717, 1.165) is 29.7 Å². The highest BCUT2D eigenvalue weighted by molar-refractivity contribution is 7.17. The minimum Gasteiger partial charge on any atom is -0.341 e. The largest absolute Gasteiger partial charge is 0.341 e. The molecule has 3 aromatic rings. The van der Waals surface area contributed by atoms with Crippen LogP contribution in [-0.4, -0.2) is 28.7 Å². The maximum absolute atomic E-state index is 14.1. The van der Waals surface area contributed by atoms with Crippen LogP contribution in [0, 0.1) is 17.1 Å². The summed E-state index contributed by atoms with van der Waals surface area (Å²) >= 11 is 1.05. The van der Waals surface area contributed by atoms with Gasteiger partial charge in [0.05, 0.1) is 18.2 Å². The van der Waals surface area contributed by atoms with Crippen molar-refractivity contribution in [1.29, 1.82) is 5.26 Å². The molecular weight excluding hydrogens is 365 g/mol. The van der Waals surface area contributed by atoms with Crippen LogP contribution in [0.5, 0.6) is 0 Å². The summed E-state index contributed by atoms with van der Waals surface area (Å²) in [5, 5.41) is 10.7. The van der Waals surface area contributed by atoms with E-state index in [9.17, 15) is 14.4 Å². The Balaban J connectivity index is 1.89. The molecule has 27 heavy (non-hydrogen) atoms. The number of nitrogens with two attached hydrogens (primary N) is 1. The summed E-state index contributed by atoms with van der Waals surface area (Å²) in [4.78, 5) is 19.6. The maximum Gasteiger partial charge on any atom is 0.273 e. The predicted molar refractivity (Wildman–Crippen MR) is 104 cm³/mol. The summed E-state index contributed by atoms with van der Waals surface area (Å²) in [6.45, 7) is 1.47. The zero-order valence-electron chi connectivity index (χ0n) is 14.6. The van der Waals surface area contributed by atoms with Crippen LogP contribution in [0.4, 0.5) is 10.3 Å². The van der Waals surface area contributed by atoms with Crippen molar-refractivity contribution in [2.75, 3.05) is 18.0 Å². The topological polar surface area (TPSA) is 87.9 Å². The van der Waals surface area contributed by atoms with Gasteiger partial charge in [-0.25, -0.2) is 9.37 Å². The van der Waals surface area contributed by atoms with Crippen LogP contribution in [0.15, 0.2) is 34.4 Å². The van der Waals surface area contributed by atoms with Crippen molar-refractivity contribution in [1.82, 2.24) is 9.55 Å². The van der Waals surface area contributed by atoms with Gasteiger partial charge in [-0.2, -0.15) is 5.26 Å². The molecular formula is C19H18FN5OS. The monoisotopic (exact) mass is 383 g/mol. The van der Waals surface area contributed by atoms with Gasteiger partial charge in [0.25, 0.3) is 5.56 Å². The smallest absolute Gasteiger partial charge is 0.273 e. The number of nitrogens with zero attached hydrogens (tertiary/aromatic N) is 4. The van der Waals surface area contributed by atoms with E-state index in [1.807, 2.05) is 17.0 Å². The summed E-state index contributed by atoms with van der Waals surface area (Å²) in [5.74, 6) is -0.0769. The number of nitriles is 1. The van der Waals surface area contributed by atoms with Gasteiger partial charge in [0, 0.05) is 24.5 Å². The molecule has 0 aliphatic carbocycles. The minimum absolute atomic E-state index is 0.0153. The molecule has 1 saturated heterocycles. The molecule has 0 radical (unpaired) electrons. The van der Waals surface area contributed by atoms with Crippen LogP contribution in [-0.2, 0) is 6.54 Å². The quantitative estimate of drug-likeness (QED) is 0.751. The first-order valence-corrected chi connectivity index (χ1v) is 9.62. The van der Waals surface area contributed by atoms with Crippen LogP contribution in [0.25, 0.3) is 10.2 Å². The Bertz CT molecular complexity index is 1100. The lowest BCUT2D eigenvalue weighted by atomic mass is 10.1. The van der Waals surface area contributed by atoms with Gasteiger partial charge in [0.1, 0.15) is 10.2 Å². The van der Waals surface area contributed by atoms with E-state index in [-0.39, 0.29) is 28.4 Å². The molecule has 2 N–H and O–H groups in total. The highest BCUT2D eigenvalue weighted by Gasteiger charge is 2.24. The fourth-order valence-corrected chi connectivity index (χ4v) is 4.27. The first-order chi connectivity index (χ1) is 13.1. The third-order valence-corrected chi connectivity index (χ3v) is 5.75. The summed E-state index contributed by atoms with van der Waals surface area (Å²) in [7, 11) is 0. The number of halogens is 1. The zero-order chi connectivity index (χ0) is 19.0. The van der Waals surface area contributed by atoms with Crippen molar-refractivity contribution in [3.8, 4) is 6.07 Å². The van der Waals surface area contributed by atoms with Gasteiger partial charge in [-0.1, -0.05) is 18.2 Å². The number of fused-ring (bicyclic) bond motifs is 1. The SMILES string of the molecule is N#Cc1ccccc1Cn1c(N2CCCC(N)C2)nc2c(F)csc2c1=O. The van der Waals surface area contributed by atoms with E-state index in [2.05, 4.69) is 11.1 Å². The Morgan fingerprint density at radius 3 is 3.00 bits per heavy atom. The molecule has 1 aliphatic heterocycles. The van der Waals surface area contributed by atoms with Gasteiger partial charge in [0.15, 0.2) is 5.82 Å². The first-order valence-electron chi connectivity index (χ1n) is 8.74. The summed E-state index contributed by atoms with van der Waals surface area (Å²) in [6.07, 6.45) is 1.79. The number of hydrogen-bond acceptors (Lipinski definition) is 6. The van der Waals surface area contributed by atoms with Crippen molar-refractivity contribution >= 4 is 27.5 Å². The number of hydrogen-bond donors (Lipinski definition) is 1. The van der Waals surface area contributed by atoms with Crippen LogP contribution in [0.3, 0.4) is 0 Å². The summed E-state index contributed by atoms with van der Waals surface area (Å²) in [5.41, 5.74) is 7.13. The molecule has 1 fully saturated rings. The number of anilines is 1. The fourth-order valence-electron chi connectivity index (χ4n) is 3.47. The van der Waals surface area contributed by atoms with Gasteiger partial charge in [-0.3, -0.25) is 9.36 Å². The van der Waals surface area contributed by atoms with Gasteiger partial charge >= 0.3 is 0 Å². The van der Waals surface area contributed by atoms with Crippen molar-refractivity contribution in [3.63, 3.8) is 0 Å². The highest BCUT2D eigenvalue weighted by atomic mass is 32.1. The van der Waals surface area contributed by atoms with Crippen LogP contribution >= 0.6 is 11.3 Å². The van der Waals surface area contributed by atoms with Gasteiger partial charge < -0.3 is 10.6 Å². The summed E-state index contributed by atoms with van der Waals surface area (Å²) < 4.78 is 16.0. The number of rotatable bonds is 3. The van der Waals surface area contributed by atoms with E-state index in [1.165, 1.54) is 9.95 Å². The van der Waals surface area contributed by atoms with E-state index in [1.54, 1.807) is 12.1 Å². The molecule has 1 unspecified atom stereocenters. The maximum atomic E-state index is 14.1. The lowest BCUT2D eigenvalue weighted by Crippen LogP contribution is -2.45. The molecule has 0 bridgehead atoms. The molecule has 1 atom stereocenters. The number of thiophene rings is 1. The lowest BCUT2D eigenvalue weighted by Gasteiger charge is -2.33. The Labute approximate surface area is 159 Å². The molecule has 0 spiro atoms. The Morgan fingerprint density at radius 1 is 1.41 bits per heavy atom. The van der Waals surface area contributed by atoms with Crippen molar-refractivity contribution in [3.05, 3.63) is 56.9 Å². The highest BCUT2D eigenvalue weighted by Crippen LogP contribution is 2.25. The third kappa shape index (κ3) is 3.20. The van der Waals surface area contributed by atoms with Crippen molar-refractivity contribution in [2.24, 2.45) is 5.73 Å². The van der Waals surface area contributed by atoms with Gasteiger partial charge in [-0.15, -0.1) is 11.3 Å². The van der Waals surface area contributed by atoms with Crippen molar-refractivity contribution in [2.45, 2.75) is 25.4 Å². The van der Waals surface area contributed by atoms with Crippen LogP contribution in [0.2, 0.25) is 0 Å². The molecule has 6 nitrogen and oxygen atoms in total. The lowest BCUT2D eigenvalue weighted by molar-refractivity contribution is 0.491. The second kappa shape index (κ2) is 7.10. The fraction of sp³-hybridized carbons (Fsp3) is 0.316. The molecule has 0 amide bonds. The summed E-state index contributed by atoms with van der Waals surface area (Å²) in [6, 6.07) is 9.28. The second-order valence-electron chi connectivity index (χ2n) is 6.68. The standard InChI is InChI=1S/C19H18FN5OS/c20-15-11-27-17-16(15)23-19(24-7-3-6-14(22)10-24)25(18(17)26)9-13-5-2-1-4-12(13)8-21/h1-2,4-5,11,14H,3,6-7,9-10,22H2. The number of benzene rings is 1. The molecule has 0 saturated carbocycles. The van der Waals surface area contributed by atoms with Crippen LogP contribution in [0.1, 0.15) is 24.0 Å². The molecule has 1 aromatic carbocycles. The molecule has 138 valence electrons. The average Bonchev–Trinajstić information content (AvgIpc) is 3.05. The van der Waals surface area contributed by atoms with Crippen molar-refractivity contribution < 1.29 is 4.39 Å². The third-order valence-electron chi connectivity index (χ3n) is 4.82. The van der Waals surface area contributed by atoms with E-state index >= 15 is 0 Å². The molecule has 1 aliphatic rings. The van der Waals surface area contributed by atoms with E-state index < -0.39 is 5.82 Å². The zero-order valence-corrected chi connectivity index (χ0v) is 15.4. The predicted octanol–water partition coefficient (Wildman–Crippen LogP) is 2.44. The molecule has 8 heteroatoms. The minimum atomic E-state index is -0.487. The average molecular weight is 383 g/mol. The first kappa shape index (κ1) is 17.6. The van der Waals surface area contributed by atoms with Gasteiger partial charge in [0.2, 0.25) is 5.95 Å². The van der Waals surface area contributed by atoms with Gasteiger partial charge in [-0.05, 0) is 24.5 Å². The Kier molecular flexibility index (Phi) is 4.64.